The lowest BCUT2D eigenvalue weighted by atomic mass is 10.0. The Labute approximate surface area is 140 Å². The van der Waals surface area contributed by atoms with Crippen LogP contribution in [0.3, 0.4) is 0 Å². The Balaban J connectivity index is 1.89. The highest BCUT2D eigenvalue weighted by molar-refractivity contribution is 6.39. The fraction of sp³-hybridized carbons (Fsp3) is 0.294. The van der Waals surface area contributed by atoms with Crippen molar-refractivity contribution in [3.8, 4) is 0 Å². The first kappa shape index (κ1) is 17.6. The minimum atomic E-state index is -1.40. The van der Waals surface area contributed by atoms with E-state index < -0.39 is 17.4 Å². The SMILES string of the molecule is CN(C)c1ccc(NC(=O)C(=O)NCC(C)(O)c2ccco2)cc1. The Hall–Kier alpha value is -2.80. The number of carbonyl (C=O) groups excluding carboxylic acids is 2. The second kappa shape index (κ2) is 7.18. The van der Waals surface area contributed by atoms with E-state index in [2.05, 4.69) is 10.6 Å². The van der Waals surface area contributed by atoms with Crippen LogP contribution in [0.1, 0.15) is 12.7 Å². The standard InChI is InChI=1S/C17H21N3O4/c1-17(23,14-5-4-10-24-14)11-18-15(21)16(22)19-12-6-8-13(9-7-12)20(2)3/h4-10,23H,11H2,1-3H3,(H,18,21)(H,19,22). The largest absolute Gasteiger partial charge is 0.466 e. The van der Waals surface area contributed by atoms with Crippen LogP contribution < -0.4 is 15.5 Å². The lowest BCUT2D eigenvalue weighted by Gasteiger charge is -2.20. The molecule has 0 saturated carbocycles. The van der Waals surface area contributed by atoms with Gasteiger partial charge in [-0.2, -0.15) is 0 Å². The number of benzene rings is 1. The number of carbonyl (C=O) groups is 2. The van der Waals surface area contributed by atoms with Gasteiger partial charge in [0.25, 0.3) is 0 Å². The topological polar surface area (TPSA) is 94.8 Å². The number of nitrogens with one attached hydrogen (secondary N) is 2. The van der Waals surface area contributed by atoms with E-state index in [1.54, 1.807) is 24.3 Å². The van der Waals surface area contributed by atoms with Gasteiger partial charge in [-0.15, -0.1) is 0 Å². The Morgan fingerprint density at radius 3 is 2.38 bits per heavy atom. The summed E-state index contributed by atoms with van der Waals surface area (Å²) in [6, 6.07) is 10.3. The molecule has 2 rings (SSSR count). The molecule has 0 spiro atoms. The highest BCUT2D eigenvalue weighted by Gasteiger charge is 2.28. The maximum atomic E-state index is 11.9. The number of anilines is 2. The zero-order chi connectivity index (χ0) is 17.7. The number of furan rings is 1. The van der Waals surface area contributed by atoms with Crippen LogP contribution in [0.4, 0.5) is 11.4 Å². The summed E-state index contributed by atoms with van der Waals surface area (Å²) < 4.78 is 5.11. The number of amides is 2. The van der Waals surface area contributed by atoms with Gasteiger partial charge in [-0.25, -0.2) is 0 Å². The summed E-state index contributed by atoms with van der Waals surface area (Å²) in [6.07, 6.45) is 1.43. The number of rotatable bonds is 5. The highest BCUT2D eigenvalue weighted by atomic mass is 16.4. The molecule has 1 aromatic carbocycles. The average molecular weight is 331 g/mol. The van der Waals surface area contributed by atoms with Crippen LogP contribution >= 0.6 is 0 Å². The predicted octanol–water partition coefficient (Wildman–Crippen LogP) is 1.31. The van der Waals surface area contributed by atoms with Gasteiger partial charge >= 0.3 is 11.8 Å². The van der Waals surface area contributed by atoms with Crippen LogP contribution in [0.2, 0.25) is 0 Å². The Morgan fingerprint density at radius 1 is 1.17 bits per heavy atom. The lowest BCUT2D eigenvalue weighted by Crippen LogP contribution is -2.43. The van der Waals surface area contributed by atoms with Gasteiger partial charge in [0, 0.05) is 25.5 Å². The molecule has 0 saturated heterocycles. The summed E-state index contributed by atoms with van der Waals surface area (Å²) in [5.41, 5.74) is 0.0952. The summed E-state index contributed by atoms with van der Waals surface area (Å²) in [5.74, 6) is -1.33. The quantitative estimate of drug-likeness (QED) is 0.718. The van der Waals surface area contributed by atoms with Crippen LogP contribution in [0.15, 0.2) is 47.1 Å². The van der Waals surface area contributed by atoms with E-state index in [4.69, 9.17) is 4.42 Å². The molecule has 0 aliphatic heterocycles. The molecule has 1 unspecified atom stereocenters. The van der Waals surface area contributed by atoms with Gasteiger partial charge in [0.2, 0.25) is 0 Å². The van der Waals surface area contributed by atoms with Crippen LogP contribution in [0.25, 0.3) is 0 Å². The van der Waals surface area contributed by atoms with E-state index in [0.717, 1.165) is 5.69 Å². The first-order valence-corrected chi connectivity index (χ1v) is 7.42. The van der Waals surface area contributed by atoms with E-state index in [-0.39, 0.29) is 6.54 Å². The molecule has 0 aliphatic carbocycles. The summed E-state index contributed by atoms with van der Waals surface area (Å²) in [5, 5.41) is 15.1. The molecule has 1 aromatic heterocycles. The van der Waals surface area contributed by atoms with Crippen LogP contribution in [0, 0.1) is 0 Å². The first-order chi connectivity index (χ1) is 11.3. The number of hydrogen-bond acceptors (Lipinski definition) is 5. The maximum absolute atomic E-state index is 11.9. The third-order valence-corrected chi connectivity index (χ3v) is 3.49. The van der Waals surface area contributed by atoms with Gasteiger partial charge in [0.15, 0.2) is 0 Å². The van der Waals surface area contributed by atoms with E-state index in [0.29, 0.717) is 11.4 Å². The van der Waals surface area contributed by atoms with E-state index in [1.165, 1.54) is 13.2 Å². The van der Waals surface area contributed by atoms with Crippen molar-refractivity contribution in [3.63, 3.8) is 0 Å². The van der Waals surface area contributed by atoms with Gasteiger partial charge < -0.3 is 25.1 Å². The predicted molar refractivity (Wildman–Crippen MR) is 90.7 cm³/mol. The molecule has 7 heteroatoms. The molecule has 7 nitrogen and oxygen atoms in total. The first-order valence-electron chi connectivity index (χ1n) is 7.42. The minimum Gasteiger partial charge on any atom is -0.466 e. The summed E-state index contributed by atoms with van der Waals surface area (Å²) in [7, 11) is 3.82. The van der Waals surface area contributed by atoms with Crippen LogP contribution in [-0.4, -0.2) is 37.6 Å². The number of hydrogen-bond donors (Lipinski definition) is 3. The molecule has 2 amide bonds. The molecule has 1 atom stereocenters. The molecule has 24 heavy (non-hydrogen) atoms. The average Bonchev–Trinajstić information content (AvgIpc) is 3.08. The molecule has 0 fully saturated rings. The molecule has 128 valence electrons. The van der Waals surface area contributed by atoms with Gasteiger partial charge in [-0.1, -0.05) is 0 Å². The fourth-order valence-corrected chi connectivity index (χ4v) is 2.04. The Bertz CT molecular complexity index is 691. The smallest absolute Gasteiger partial charge is 0.313 e. The van der Waals surface area contributed by atoms with Crippen molar-refractivity contribution in [2.45, 2.75) is 12.5 Å². The van der Waals surface area contributed by atoms with Gasteiger partial charge in [-0.3, -0.25) is 9.59 Å². The lowest BCUT2D eigenvalue weighted by molar-refractivity contribution is -0.136. The zero-order valence-electron chi connectivity index (χ0n) is 13.9. The van der Waals surface area contributed by atoms with Crippen molar-refractivity contribution in [1.29, 1.82) is 0 Å². The van der Waals surface area contributed by atoms with Crippen LogP contribution in [0.5, 0.6) is 0 Å². The van der Waals surface area contributed by atoms with Crippen molar-refractivity contribution in [2.24, 2.45) is 0 Å². The summed E-state index contributed by atoms with van der Waals surface area (Å²) in [6.45, 7) is 1.34. The van der Waals surface area contributed by atoms with E-state index >= 15 is 0 Å². The molecule has 0 bridgehead atoms. The molecule has 3 N–H and O–H groups in total. The van der Waals surface area contributed by atoms with Crippen molar-refractivity contribution >= 4 is 23.2 Å². The third-order valence-electron chi connectivity index (χ3n) is 3.49. The number of aliphatic hydroxyl groups is 1. The van der Waals surface area contributed by atoms with E-state index in [1.807, 2.05) is 31.1 Å². The normalized spacial score (nSPS) is 13.0. The second-order valence-electron chi connectivity index (χ2n) is 5.83. The van der Waals surface area contributed by atoms with Gasteiger partial charge in [0.05, 0.1) is 12.8 Å². The number of nitrogens with zero attached hydrogens (tertiary/aromatic N) is 1. The van der Waals surface area contributed by atoms with Gasteiger partial charge in [-0.05, 0) is 43.3 Å². The van der Waals surface area contributed by atoms with Crippen molar-refractivity contribution in [3.05, 3.63) is 48.4 Å². The van der Waals surface area contributed by atoms with Gasteiger partial charge in [0.1, 0.15) is 11.4 Å². The fourth-order valence-electron chi connectivity index (χ4n) is 2.04. The highest BCUT2D eigenvalue weighted by Crippen LogP contribution is 2.19. The van der Waals surface area contributed by atoms with Crippen molar-refractivity contribution in [1.82, 2.24) is 5.32 Å². The minimum absolute atomic E-state index is 0.146. The van der Waals surface area contributed by atoms with Crippen molar-refractivity contribution < 1.29 is 19.1 Å². The molecule has 2 aromatic rings. The summed E-state index contributed by atoms with van der Waals surface area (Å²) >= 11 is 0. The second-order valence-corrected chi connectivity index (χ2v) is 5.83. The zero-order valence-corrected chi connectivity index (χ0v) is 13.9. The monoisotopic (exact) mass is 331 g/mol. The maximum Gasteiger partial charge on any atom is 0.313 e. The molecule has 0 radical (unpaired) electrons. The van der Waals surface area contributed by atoms with Crippen LogP contribution in [-0.2, 0) is 15.2 Å². The molecule has 1 heterocycles. The molecular formula is C17H21N3O4. The molecular weight excluding hydrogens is 310 g/mol. The van der Waals surface area contributed by atoms with E-state index in [9.17, 15) is 14.7 Å². The van der Waals surface area contributed by atoms with Crippen molar-refractivity contribution in [2.75, 3.05) is 30.9 Å². The Kier molecular flexibility index (Phi) is 5.25. The summed E-state index contributed by atoms with van der Waals surface area (Å²) in [4.78, 5) is 25.7. The third kappa shape index (κ3) is 4.36. The Morgan fingerprint density at radius 2 is 1.83 bits per heavy atom. The molecule has 0 aliphatic rings.